The fraction of sp³-hybridized carbons (Fsp3) is 0.812. The maximum Gasteiger partial charge on any atom is 0.223 e. The summed E-state index contributed by atoms with van der Waals surface area (Å²) in [6.07, 6.45) is 3.94. The molecule has 7 heteroatoms. The predicted octanol–water partition coefficient (Wildman–Crippen LogP) is 0.979. The zero-order chi connectivity index (χ0) is 16.4. The second kappa shape index (κ2) is 6.47. The van der Waals surface area contributed by atoms with Crippen molar-refractivity contribution in [2.24, 2.45) is 12.5 Å². The van der Waals surface area contributed by atoms with Crippen LogP contribution in [0.2, 0.25) is 0 Å². The van der Waals surface area contributed by atoms with Gasteiger partial charge in [-0.2, -0.15) is 10.1 Å². The summed E-state index contributed by atoms with van der Waals surface area (Å²) < 4.78 is 7.02. The number of nitrogens with zero attached hydrogens (tertiary/aromatic N) is 5. The normalized spacial score (nSPS) is 25.4. The fourth-order valence-corrected chi connectivity index (χ4v) is 4.00. The number of hydrogen-bond acceptors (Lipinski definition) is 5. The van der Waals surface area contributed by atoms with Crippen LogP contribution in [0.4, 0.5) is 5.95 Å². The van der Waals surface area contributed by atoms with E-state index in [1.54, 1.807) is 7.11 Å². The highest BCUT2D eigenvalue weighted by Crippen LogP contribution is 2.39. The highest BCUT2D eigenvalue weighted by molar-refractivity contribution is 5.77. The highest BCUT2D eigenvalue weighted by Gasteiger charge is 2.42. The number of ether oxygens (including phenoxy) is 1. The molecule has 128 valence electrons. The first kappa shape index (κ1) is 16.2. The van der Waals surface area contributed by atoms with E-state index in [0.29, 0.717) is 19.6 Å². The van der Waals surface area contributed by atoms with Gasteiger partial charge in [0.05, 0.1) is 6.61 Å². The summed E-state index contributed by atoms with van der Waals surface area (Å²) in [5.74, 6) is 2.02. The molecule has 0 radical (unpaired) electrons. The van der Waals surface area contributed by atoms with Gasteiger partial charge in [0, 0.05) is 52.2 Å². The summed E-state index contributed by atoms with van der Waals surface area (Å²) in [4.78, 5) is 21.1. The van der Waals surface area contributed by atoms with Gasteiger partial charge in [-0.25, -0.2) is 4.68 Å². The smallest absolute Gasteiger partial charge is 0.223 e. The van der Waals surface area contributed by atoms with Crippen molar-refractivity contribution in [3.63, 3.8) is 0 Å². The van der Waals surface area contributed by atoms with Crippen LogP contribution in [0.3, 0.4) is 0 Å². The Labute approximate surface area is 137 Å². The molecule has 3 rings (SSSR count). The fourth-order valence-electron chi connectivity index (χ4n) is 4.00. The standard InChI is InChI=1S/C16H27N5O2/c1-13-17-15(19(2)18-13)21-8-4-6-16(12-21)7-5-14(22)20(11-16)9-10-23-3/h4-12H2,1-3H3. The van der Waals surface area contributed by atoms with Crippen LogP contribution in [0.5, 0.6) is 0 Å². The molecule has 2 aliphatic heterocycles. The van der Waals surface area contributed by atoms with E-state index < -0.39 is 0 Å². The molecular weight excluding hydrogens is 294 g/mol. The quantitative estimate of drug-likeness (QED) is 0.827. The summed E-state index contributed by atoms with van der Waals surface area (Å²) in [6, 6.07) is 0. The lowest BCUT2D eigenvalue weighted by molar-refractivity contribution is -0.138. The molecule has 0 saturated carbocycles. The van der Waals surface area contributed by atoms with Crippen molar-refractivity contribution in [3.05, 3.63) is 5.82 Å². The van der Waals surface area contributed by atoms with Crippen LogP contribution in [0.15, 0.2) is 0 Å². The zero-order valence-electron chi connectivity index (χ0n) is 14.4. The number of carbonyl (C=O) groups excluding carboxylic acids is 1. The monoisotopic (exact) mass is 321 g/mol. The Hall–Kier alpha value is -1.63. The van der Waals surface area contributed by atoms with Crippen LogP contribution in [-0.4, -0.2) is 65.5 Å². The number of anilines is 1. The van der Waals surface area contributed by atoms with Crippen LogP contribution >= 0.6 is 0 Å². The molecule has 3 heterocycles. The van der Waals surface area contributed by atoms with E-state index in [2.05, 4.69) is 15.0 Å². The van der Waals surface area contributed by atoms with Crippen molar-refractivity contribution in [1.82, 2.24) is 19.7 Å². The molecule has 0 N–H and O–H groups in total. The Bertz CT molecular complexity index is 573. The van der Waals surface area contributed by atoms with Gasteiger partial charge in [-0.15, -0.1) is 0 Å². The first-order valence-electron chi connectivity index (χ1n) is 8.42. The molecule has 0 bridgehead atoms. The minimum Gasteiger partial charge on any atom is -0.383 e. The minimum atomic E-state index is 0.180. The van der Waals surface area contributed by atoms with Crippen molar-refractivity contribution >= 4 is 11.9 Å². The van der Waals surface area contributed by atoms with Crippen molar-refractivity contribution in [2.45, 2.75) is 32.6 Å². The van der Waals surface area contributed by atoms with Gasteiger partial charge in [-0.1, -0.05) is 0 Å². The maximum absolute atomic E-state index is 12.2. The Morgan fingerprint density at radius 1 is 1.30 bits per heavy atom. The third-order valence-electron chi connectivity index (χ3n) is 5.10. The van der Waals surface area contributed by atoms with Crippen LogP contribution < -0.4 is 4.90 Å². The summed E-state index contributed by atoms with van der Waals surface area (Å²) in [6.45, 7) is 6.03. The van der Waals surface area contributed by atoms with Crippen LogP contribution in [0, 0.1) is 12.3 Å². The van der Waals surface area contributed by atoms with E-state index in [1.165, 1.54) is 6.42 Å². The van der Waals surface area contributed by atoms with E-state index in [4.69, 9.17) is 4.74 Å². The number of aryl methyl sites for hydroxylation is 2. The van der Waals surface area contributed by atoms with Crippen molar-refractivity contribution in [3.8, 4) is 0 Å². The van der Waals surface area contributed by atoms with Gasteiger partial charge in [0.2, 0.25) is 11.9 Å². The van der Waals surface area contributed by atoms with E-state index in [-0.39, 0.29) is 11.3 Å². The molecule has 23 heavy (non-hydrogen) atoms. The Balaban J connectivity index is 1.74. The summed E-state index contributed by atoms with van der Waals surface area (Å²) in [7, 11) is 3.63. The topological polar surface area (TPSA) is 63.5 Å². The lowest BCUT2D eigenvalue weighted by Crippen LogP contribution is -2.55. The summed E-state index contributed by atoms with van der Waals surface area (Å²) in [5.41, 5.74) is 0.180. The second-order valence-corrected chi connectivity index (χ2v) is 6.92. The average Bonchev–Trinajstić information content (AvgIpc) is 2.87. The van der Waals surface area contributed by atoms with Crippen LogP contribution in [0.1, 0.15) is 31.5 Å². The average molecular weight is 321 g/mol. The largest absolute Gasteiger partial charge is 0.383 e. The Kier molecular flexibility index (Phi) is 4.57. The van der Waals surface area contributed by atoms with E-state index >= 15 is 0 Å². The number of rotatable bonds is 4. The first-order chi connectivity index (χ1) is 11.0. The van der Waals surface area contributed by atoms with Gasteiger partial charge in [0.15, 0.2) is 0 Å². The molecule has 1 amide bonds. The third-order valence-corrected chi connectivity index (χ3v) is 5.10. The minimum absolute atomic E-state index is 0.180. The van der Waals surface area contributed by atoms with Gasteiger partial charge < -0.3 is 14.5 Å². The molecular formula is C16H27N5O2. The molecule has 1 atom stereocenters. The third kappa shape index (κ3) is 3.34. The molecule has 1 aromatic rings. The molecule has 1 aromatic heterocycles. The molecule has 0 aliphatic carbocycles. The lowest BCUT2D eigenvalue weighted by Gasteiger charge is -2.48. The lowest BCUT2D eigenvalue weighted by atomic mass is 9.73. The van der Waals surface area contributed by atoms with Crippen LogP contribution in [0.25, 0.3) is 0 Å². The summed E-state index contributed by atoms with van der Waals surface area (Å²) >= 11 is 0. The first-order valence-corrected chi connectivity index (χ1v) is 8.42. The number of hydrogen-bond donors (Lipinski definition) is 0. The number of carbonyl (C=O) groups is 1. The molecule has 7 nitrogen and oxygen atoms in total. The van der Waals surface area contributed by atoms with Crippen molar-refractivity contribution < 1.29 is 9.53 Å². The number of methoxy groups -OCH3 is 1. The zero-order valence-corrected chi connectivity index (χ0v) is 14.4. The highest BCUT2D eigenvalue weighted by atomic mass is 16.5. The Morgan fingerprint density at radius 3 is 2.83 bits per heavy atom. The van der Waals surface area contributed by atoms with Gasteiger partial charge in [0.1, 0.15) is 5.82 Å². The van der Waals surface area contributed by atoms with E-state index in [1.807, 2.05) is 23.6 Å². The van der Waals surface area contributed by atoms with Crippen molar-refractivity contribution in [2.75, 3.05) is 44.8 Å². The maximum atomic E-state index is 12.2. The van der Waals surface area contributed by atoms with Crippen LogP contribution in [-0.2, 0) is 16.6 Å². The van der Waals surface area contributed by atoms with Crippen molar-refractivity contribution in [1.29, 1.82) is 0 Å². The van der Waals surface area contributed by atoms with Gasteiger partial charge in [-0.3, -0.25) is 4.79 Å². The summed E-state index contributed by atoms with van der Waals surface area (Å²) in [5, 5.41) is 4.37. The number of piperidine rings is 2. The Morgan fingerprint density at radius 2 is 2.13 bits per heavy atom. The molecule has 0 aromatic carbocycles. The number of amides is 1. The molecule has 2 saturated heterocycles. The van der Waals surface area contributed by atoms with E-state index in [9.17, 15) is 4.79 Å². The molecule has 2 aliphatic rings. The van der Waals surface area contributed by atoms with Gasteiger partial charge in [-0.05, 0) is 26.2 Å². The molecule has 1 spiro atoms. The molecule has 2 fully saturated rings. The van der Waals surface area contributed by atoms with Gasteiger partial charge in [0.25, 0.3) is 0 Å². The number of aromatic nitrogens is 3. The van der Waals surface area contributed by atoms with E-state index in [0.717, 1.165) is 44.2 Å². The SMILES string of the molecule is COCCN1CC2(CCCN(c3nc(C)nn3C)C2)CCC1=O. The molecule has 1 unspecified atom stereocenters. The number of likely N-dealkylation sites (tertiary alicyclic amines) is 1. The second-order valence-electron chi connectivity index (χ2n) is 6.92. The van der Waals surface area contributed by atoms with Gasteiger partial charge >= 0.3 is 0 Å². The predicted molar refractivity (Wildman–Crippen MR) is 87.3 cm³/mol.